The molecule has 5 heteroatoms. The van der Waals surface area contributed by atoms with Crippen LogP contribution in [0.3, 0.4) is 0 Å². The molecule has 0 bridgehead atoms. The van der Waals surface area contributed by atoms with Crippen LogP contribution in [0.2, 0.25) is 0 Å². The van der Waals surface area contributed by atoms with E-state index in [1.165, 1.54) is 6.42 Å². The van der Waals surface area contributed by atoms with E-state index in [2.05, 4.69) is 26.3 Å². The Morgan fingerprint density at radius 2 is 2.29 bits per heavy atom. The van der Waals surface area contributed by atoms with Crippen LogP contribution in [0.25, 0.3) is 0 Å². The summed E-state index contributed by atoms with van der Waals surface area (Å²) in [6, 6.07) is 2.53. The van der Waals surface area contributed by atoms with Crippen LogP contribution in [0.15, 0.2) is 12.4 Å². The Labute approximate surface area is 101 Å². The molecule has 90 valence electrons. The summed E-state index contributed by atoms with van der Waals surface area (Å²) >= 11 is 0. The second-order valence-corrected chi connectivity index (χ2v) is 4.24. The van der Waals surface area contributed by atoms with E-state index in [0.29, 0.717) is 11.7 Å². The number of nitriles is 1. The summed E-state index contributed by atoms with van der Waals surface area (Å²) in [4.78, 5) is 10.6. The number of piperidine rings is 1. The van der Waals surface area contributed by atoms with Crippen molar-refractivity contribution in [3.8, 4) is 6.07 Å². The highest BCUT2D eigenvalue weighted by Gasteiger charge is 2.25. The van der Waals surface area contributed by atoms with Crippen molar-refractivity contribution in [2.24, 2.45) is 0 Å². The molecule has 1 aliphatic heterocycles. The van der Waals surface area contributed by atoms with Gasteiger partial charge in [0.25, 0.3) is 0 Å². The van der Waals surface area contributed by atoms with Gasteiger partial charge in [0.2, 0.25) is 0 Å². The number of likely N-dealkylation sites (N-methyl/N-ethyl adjacent to an activating group) is 1. The van der Waals surface area contributed by atoms with Crippen LogP contribution in [0, 0.1) is 11.3 Å². The van der Waals surface area contributed by atoms with Gasteiger partial charge in [-0.2, -0.15) is 5.26 Å². The van der Waals surface area contributed by atoms with Gasteiger partial charge in [-0.15, -0.1) is 0 Å². The maximum absolute atomic E-state index is 9.07. The molecule has 0 amide bonds. The number of rotatable bonds is 3. The van der Waals surface area contributed by atoms with Gasteiger partial charge >= 0.3 is 0 Å². The predicted octanol–water partition coefficient (Wildman–Crippen LogP) is 0.927. The zero-order chi connectivity index (χ0) is 12.1. The van der Waals surface area contributed by atoms with Crippen molar-refractivity contribution in [3.05, 3.63) is 18.1 Å². The van der Waals surface area contributed by atoms with Crippen LogP contribution >= 0.6 is 0 Å². The van der Waals surface area contributed by atoms with Crippen LogP contribution in [-0.2, 0) is 0 Å². The second kappa shape index (κ2) is 5.60. The average molecular weight is 231 g/mol. The lowest BCUT2D eigenvalue weighted by atomic mass is 10.0. The smallest absolute Gasteiger partial charge is 0.183 e. The van der Waals surface area contributed by atoms with E-state index in [1.807, 2.05) is 7.05 Å². The quantitative estimate of drug-likeness (QED) is 0.838. The van der Waals surface area contributed by atoms with Gasteiger partial charge in [0.1, 0.15) is 6.07 Å². The maximum Gasteiger partial charge on any atom is 0.183 e. The molecular formula is C12H17N5. The largest absolute Gasteiger partial charge is 0.350 e. The van der Waals surface area contributed by atoms with Crippen LogP contribution in [0.5, 0.6) is 0 Å². The molecule has 2 heterocycles. The number of anilines is 1. The molecule has 0 spiro atoms. The molecule has 1 atom stereocenters. The van der Waals surface area contributed by atoms with Crippen molar-refractivity contribution < 1.29 is 0 Å². The molecular weight excluding hydrogens is 214 g/mol. The van der Waals surface area contributed by atoms with Crippen LogP contribution in [0.4, 0.5) is 5.82 Å². The highest BCUT2D eigenvalue weighted by atomic mass is 15.2. The van der Waals surface area contributed by atoms with Crippen molar-refractivity contribution in [1.82, 2.24) is 15.3 Å². The first-order chi connectivity index (χ1) is 8.36. The van der Waals surface area contributed by atoms with Gasteiger partial charge in [-0.05, 0) is 26.3 Å². The highest BCUT2D eigenvalue weighted by molar-refractivity contribution is 5.50. The van der Waals surface area contributed by atoms with E-state index in [-0.39, 0.29) is 0 Å². The Bertz CT molecular complexity index is 410. The molecule has 1 N–H and O–H groups in total. The zero-order valence-corrected chi connectivity index (χ0v) is 10.1. The molecule has 0 radical (unpaired) electrons. The summed E-state index contributed by atoms with van der Waals surface area (Å²) in [5, 5.41) is 12.3. The summed E-state index contributed by atoms with van der Waals surface area (Å²) < 4.78 is 0. The second-order valence-electron chi connectivity index (χ2n) is 4.24. The molecule has 5 nitrogen and oxygen atoms in total. The molecule has 1 unspecified atom stereocenters. The monoisotopic (exact) mass is 231 g/mol. The predicted molar refractivity (Wildman–Crippen MR) is 65.7 cm³/mol. The Balaban J connectivity index is 2.26. The van der Waals surface area contributed by atoms with E-state index in [9.17, 15) is 0 Å². The summed E-state index contributed by atoms with van der Waals surface area (Å²) in [6.07, 6.45) is 6.76. The molecule has 0 aromatic carbocycles. The summed E-state index contributed by atoms with van der Waals surface area (Å²) in [7, 11) is 1.95. The van der Waals surface area contributed by atoms with E-state index < -0.39 is 0 Å². The van der Waals surface area contributed by atoms with Gasteiger partial charge in [0, 0.05) is 31.5 Å². The van der Waals surface area contributed by atoms with E-state index in [1.54, 1.807) is 12.4 Å². The standard InChI is InChI=1S/C12H17N5/c1-14-9-10-4-2-3-7-17(10)12-11(8-13)15-5-6-16-12/h5-6,10,14H,2-4,7,9H2,1H3. The maximum atomic E-state index is 9.07. The third-order valence-corrected chi connectivity index (χ3v) is 3.12. The lowest BCUT2D eigenvalue weighted by Crippen LogP contribution is -2.45. The van der Waals surface area contributed by atoms with E-state index in [4.69, 9.17) is 5.26 Å². The van der Waals surface area contributed by atoms with Gasteiger partial charge in [-0.25, -0.2) is 9.97 Å². The molecule has 17 heavy (non-hydrogen) atoms. The van der Waals surface area contributed by atoms with Crippen LogP contribution in [0.1, 0.15) is 25.0 Å². The molecule has 2 rings (SSSR count). The van der Waals surface area contributed by atoms with Gasteiger partial charge in [-0.1, -0.05) is 0 Å². The van der Waals surface area contributed by atoms with Crippen molar-refractivity contribution >= 4 is 5.82 Å². The SMILES string of the molecule is CNCC1CCCCN1c1nccnc1C#N. The van der Waals surface area contributed by atoms with Crippen LogP contribution in [-0.4, -0.2) is 36.1 Å². The van der Waals surface area contributed by atoms with Crippen molar-refractivity contribution in [3.63, 3.8) is 0 Å². The molecule has 1 aromatic rings. The van der Waals surface area contributed by atoms with E-state index >= 15 is 0 Å². The number of nitrogens with one attached hydrogen (secondary N) is 1. The Hall–Kier alpha value is -1.67. The number of hydrogen-bond donors (Lipinski definition) is 1. The molecule has 1 fully saturated rings. The topological polar surface area (TPSA) is 64.8 Å². The minimum Gasteiger partial charge on any atom is -0.350 e. The Morgan fingerprint density at radius 1 is 1.47 bits per heavy atom. The normalized spacial score (nSPS) is 20.0. The van der Waals surface area contributed by atoms with Crippen LogP contribution < -0.4 is 10.2 Å². The van der Waals surface area contributed by atoms with Crippen molar-refractivity contribution in [2.75, 3.05) is 25.0 Å². The summed E-state index contributed by atoms with van der Waals surface area (Å²) in [5.74, 6) is 0.731. The molecule has 1 aliphatic rings. The van der Waals surface area contributed by atoms with Gasteiger partial charge < -0.3 is 10.2 Å². The van der Waals surface area contributed by atoms with E-state index in [0.717, 1.165) is 31.7 Å². The fraction of sp³-hybridized carbons (Fsp3) is 0.583. The third-order valence-electron chi connectivity index (χ3n) is 3.12. The fourth-order valence-electron chi connectivity index (χ4n) is 2.35. The number of nitrogens with zero attached hydrogens (tertiary/aromatic N) is 4. The first kappa shape index (κ1) is 11.8. The Morgan fingerprint density at radius 3 is 3.06 bits per heavy atom. The number of hydrogen-bond acceptors (Lipinski definition) is 5. The first-order valence-corrected chi connectivity index (χ1v) is 5.99. The minimum atomic E-state index is 0.414. The van der Waals surface area contributed by atoms with Gasteiger partial charge in [-0.3, -0.25) is 0 Å². The van der Waals surface area contributed by atoms with Crippen molar-refractivity contribution in [2.45, 2.75) is 25.3 Å². The summed E-state index contributed by atoms with van der Waals surface area (Å²) in [6.45, 7) is 1.88. The highest BCUT2D eigenvalue weighted by Crippen LogP contribution is 2.24. The molecule has 1 aromatic heterocycles. The lowest BCUT2D eigenvalue weighted by molar-refractivity contribution is 0.443. The van der Waals surface area contributed by atoms with Gasteiger partial charge in [0.15, 0.2) is 11.5 Å². The van der Waals surface area contributed by atoms with Crippen molar-refractivity contribution in [1.29, 1.82) is 5.26 Å². The zero-order valence-electron chi connectivity index (χ0n) is 10.1. The number of aromatic nitrogens is 2. The Kier molecular flexibility index (Phi) is 3.89. The summed E-state index contributed by atoms with van der Waals surface area (Å²) in [5.41, 5.74) is 0.426. The molecule has 0 saturated carbocycles. The molecule has 0 aliphatic carbocycles. The molecule has 1 saturated heterocycles. The average Bonchev–Trinajstić information content (AvgIpc) is 2.40. The fourth-order valence-corrected chi connectivity index (χ4v) is 2.35. The first-order valence-electron chi connectivity index (χ1n) is 5.99. The van der Waals surface area contributed by atoms with Gasteiger partial charge in [0.05, 0.1) is 0 Å². The third kappa shape index (κ3) is 2.53. The minimum absolute atomic E-state index is 0.414. The lowest BCUT2D eigenvalue weighted by Gasteiger charge is -2.36.